The van der Waals surface area contributed by atoms with Crippen LogP contribution in [0.25, 0.3) is 0 Å². The van der Waals surface area contributed by atoms with Gasteiger partial charge in [-0.15, -0.1) is 0 Å². The predicted octanol–water partition coefficient (Wildman–Crippen LogP) is 6.87. The van der Waals surface area contributed by atoms with Gasteiger partial charge in [-0.3, -0.25) is 0 Å². The summed E-state index contributed by atoms with van der Waals surface area (Å²) in [5.41, 5.74) is -2.84. The van der Waals surface area contributed by atoms with E-state index in [1.54, 1.807) is 12.1 Å². The number of carboxylic acids is 2. The maximum Gasteiger partial charge on any atom is 0.340 e. The van der Waals surface area contributed by atoms with E-state index >= 15 is 0 Å². The Hall–Kier alpha value is -2.13. The molecule has 2 heterocycles. The number of ether oxygens (including phenoxy) is 2. The average Bonchev–Trinajstić information content (AvgIpc) is 3.08. The molecular formula is C22H7Br5O9. The topological polar surface area (TPSA) is 151 Å². The molecule has 36 heavy (non-hydrogen) atoms. The molecule has 3 aromatic carbocycles. The van der Waals surface area contributed by atoms with Crippen LogP contribution in [-0.4, -0.2) is 38.3 Å². The largest absolute Gasteiger partial charge is 0.506 e. The van der Waals surface area contributed by atoms with Crippen LogP contribution in [0.3, 0.4) is 0 Å². The van der Waals surface area contributed by atoms with Crippen molar-refractivity contribution in [2.75, 3.05) is 0 Å². The number of carbonyl (C=O) groups excluding carboxylic acids is 1. The van der Waals surface area contributed by atoms with Crippen LogP contribution < -0.4 is 4.74 Å². The van der Waals surface area contributed by atoms with Gasteiger partial charge in [0.2, 0.25) is 0 Å². The lowest BCUT2D eigenvalue weighted by atomic mass is 9.76. The fraction of sp³-hybridized carbons (Fsp3) is 0.0455. The summed E-state index contributed by atoms with van der Waals surface area (Å²) < 4.78 is 11.7. The van der Waals surface area contributed by atoms with Crippen molar-refractivity contribution in [3.63, 3.8) is 0 Å². The first-order valence-electron chi connectivity index (χ1n) is 9.51. The number of esters is 1. The Morgan fingerprint density at radius 3 is 1.67 bits per heavy atom. The van der Waals surface area contributed by atoms with Gasteiger partial charge in [0.05, 0.1) is 16.7 Å². The molecule has 0 amide bonds. The molecule has 0 saturated heterocycles. The Labute approximate surface area is 242 Å². The summed E-state index contributed by atoms with van der Waals surface area (Å²) in [4.78, 5) is 37.4. The van der Waals surface area contributed by atoms with Crippen molar-refractivity contribution >= 4 is 97.6 Å². The van der Waals surface area contributed by atoms with Gasteiger partial charge < -0.3 is 29.9 Å². The summed E-state index contributed by atoms with van der Waals surface area (Å²) >= 11 is 16.3. The standard InChI is InChI=1S/C22H7Br5O9/c23-5-3-1-2-4-8(5)22(36-21(4)34)9-11(24)6(19(30)31)15(28)13(26)17(9)35-18-10(22)12(25)7(20(32)33)16(29)14(18)27/h1-3,28-29H,(H,30,31)(H,32,33). The Bertz CT molecular complexity index is 1520. The number of benzene rings is 3. The zero-order valence-electron chi connectivity index (χ0n) is 17.0. The lowest BCUT2D eigenvalue weighted by Crippen LogP contribution is -2.35. The molecule has 0 fully saturated rings. The normalized spacial score (nSPS) is 14.5. The predicted molar refractivity (Wildman–Crippen MR) is 140 cm³/mol. The quantitative estimate of drug-likeness (QED) is 0.203. The number of aromatic carboxylic acids is 2. The summed E-state index contributed by atoms with van der Waals surface area (Å²) in [6, 6.07) is 4.72. The second kappa shape index (κ2) is 8.45. The highest BCUT2D eigenvalue weighted by molar-refractivity contribution is 9.11. The molecule has 5 rings (SSSR count). The fourth-order valence-corrected chi connectivity index (χ4v) is 7.63. The van der Waals surface area contributed by atoms with Crippen LogP contribution in [0.5, 0.6) is 23.0 Å². The van der Waals surface area contributed by atoms with Gasteiger partial charge in [-0.1, -0.05) is 22.0 Å². The molecule has 184 valence electrons. The van der Waals surface area contributed by atoms with Crippen molar-refractivity contribution in [2.24, 2.45) is 0 Å². The minimum Gasteiger partial charge on any atom is -0.506 e. The first kappa shape index (κ1) is 25.5. The molecule has 0 bridgehead atoms. The van der Waals surface area contributed by atoms with Crippen molar-refractivity contribution in [3.05, 3.63) is 73.9 Å². The first-order chi connectivity index (χ1) is 16.9. The fourth-order valence-electron chi connectivity index (χ4n) is 4.40. The van der Waals surface area contributed by atoms with Crippen molar-refractivity contribution < 1.29 is 44.3 Å². The molecule has 3 aromatic rings. The van der Waals surface area contributed by atoms with Crippen LogP contribution in [0.2, 0.25) is 0 Å². The van der Waals surface area contributed by atoms with Gasteiger partial charge in [0, 0.05) is 19.0 Å². The van der Waals surface area contributed by atoms with Gasteiger partial charge in [-0.25, -0.2) is 14.4 Å². The Balaban J connectivity index is 2.11. The maximum atomic E-state index is 13.2. The minimum atomic E-state index is -1.99. The first-order valence-corrected chi connectivity index (χ1v) is 13.5. The molecule has 2 aliphatic heterocycles. The molecule has 4 N–H and O–H groups in total. The molecule has 0 unspecified atom stereocenters. The second-order valence-corrected chi connectivity index (χ2v) is 11.6. The number of aromatic hydroxyl groups is 2. The Kier molecular flexibility index (Phi) is 5.99. The second-order valence-electron chi connectivity index (χ2n) is 7.56. The number of phenols is 2. The van der Waals surface area contributed by atoms with E-state index in [9.17, 15) is 34.8 Å². The molecule has 2 aliphatic rings. The highest BCUT2D eigenvalue weighted by Gasteiger charge is 2.59. The third-order valence-electron chi connectivity index (χ3n) is 5.79. The van der Waals surface area contributed by atoms with Gasteiger partial charge >= 0.3 is 17.9 Å². The summed E-state index contributed by atoms with van der Waals surface area (Å²) in [6.45, 7) is 0. The highest BCUT2D eigenvalue weighted by atomic mass is 79.9. The number of halogens is 5. The van der Waals surface area contributed by atoms with E-state index in [1.807, 2.05) is 0 Å². The van der Waals surface area contributed by atoms with E-state index in [1.165, 1.54) is 6.07 Å². The van der Waals surface area contributed by atoms with Crippen LogP contribution >= 0.6 is 79.6 Å². The van der Waals surface area contributed by atoms with E-state index in [0.29, 0.717) is 4.47 Å². The van der Waals surface area contributed by atoms with E-state index in [-0.39, 0.29) is 51.6 Å². The molecule has 9 nitrogen and oxygen atoms in total. The lowest BCUT2D eigenvalue weighted by molar-refractivity contribution is 0.0216. The molecule has 0 aliphatic carbocycles. The number of carbonyl (C=O) groups is 3. The van der Waals surface area contributed by atoms with Crippen molar-refractivity contribution in [1.29, 1.82) is 0 Å². The average molecular weight is 815 g/mol. The van der Waals surface area contributed by atoms with Crippen LogP contribution in [0.1, 0.15) is 47.8 Å². The lowest BCUT2D eigenvalue weighted by Gasteiger charge is -2.39. The van der Waals surface area contributed by atoms with Crippen LogP contribution in [-0.2, 0) is 10.3 Å². The van der Waals surface area contributed by atoms with Gasteiger partial charge in [0.15, 0.2) is 17.1 Å². The van der Waals surface area contributed by atoms with E-state index in [4.69, 9.17) is 9.47 Å². The molecule has 0 atom stereocenters. The number of rotatable bonds is 2. The molecule has 1 spiro atoms. The van der Waals surface area contributed by atoms with Crippen molar-refractivity contribution in [2.45, 2.75) is 5.60 Å². The van der Waals surface area contributed by atoms with E-state index < -0.39 is 46.1 Å². The SMILES string of the molecule is O=C1OC2(c3c(Br)cccc31)c1c(Br)c(C(=O)O)c(O)c(Br)c1Oc1c(Br)c(O)c(C(=O)O)c(Br)c12. The summed E-state index contributed by atoms with van der Waals surface area (Å²) in [7, 11) is 0. The Morgan fingerprint density at radius 2 is 1.22 bits per heavy atom. The number of carboxylic acid groups (broad SMARTS) is 2. The zero-order chi connectivity index (χ0) is 26.4. The maximum absolute atomic E-state index is 13.2. The van der Waals surface area contributed by atoms with Gasteiger partial charge in [-0.2, -0.15) is 0 Å². The van der Waals surface area contributed by atoms with Crippen molar-refractivity contribution in [1.82, 2.24) is 0 Å². The van der Waals surface area contributed by atoms with Crippen LogP contribution in [0.15, 0.2) is 40.6 Å². The van der Waals surface area contributed by atoms with E-state index in [0.717, 1.165) is 0 Å². The molecule has 0 saturated carbocycles. The summed E-state index contributed by atoms with van der Waals surface area (Å²) in [5.74, 6) is -5.41. The third kappa shape index (κ3) is 3.11. The summed E-state index contributed by atoms with van der Waals surface area (Å²) in [5, 5.41) is 41.1. The minimum absolute atomic E-state index is 0.0364. The van der Waals surface area contributed by atoms with Crippen LogP contribution in [0, 0.1) is 0 Å². The molecule has 14 heteroatoms. The highest BCUT2D eigenvalue weighted by Crippen LogP contribution is 2.66. The van der Waals surface area contributed by atoms with Gasteiger partial charge in [-0.05, 0) is 75.9 Å². The van der Waals surface area contributed by atoms with E-state index in [2.05, 4.69) is 79.6 Å². The number of fused-ring (bicyclic) bond motifs is 6. The van der Waals surface area contributed by atoms with Crippen LogP contribution in [0.4, 0.5) is 0 Å². The number of hydrogen-bond acceptors (Lipinski definition) is 7. The van der Waals surface area contributed by atoms with Gasteiger partial charge in [0.25, 0.3) is 0 Å². The number of hydrogen-bond donors (Lipinski definition) is 4. The Morgan fingerprint density at radius 1 is 0.750 bits per heavy atom. The van der Waals surface area contributed by atoms with Crippen molar-refractivity contribution in [3.8, 4) is 23.0 Å². The zero-order valence-corrected chi connectivity index (χ0v) is 24.9. The third-order valence-corrected chi connectivity index (χ3v) is 9.51. The molecule has 0 radical (unpaired) electrons. The monoisotopic (exact) mass is 810 g/mol. The molecular weight excluding hydrogens is 808 g/mol. The smallest absolute Gasteiger partial charge is 0.340 e. The van der Waals surface area contributed by atoms with Gasteiger partial charge in [0.1, 0.15) is 31.6 Å². The summed E-state index contributed by atoms with van der Waals surface area (Å²) in [6.07, 6.45) is 0. The molecule has 0 aromatic heterocycles.